The quantitative estimate of drug-likeness (QED) is 0.605. The molecule has 142 valence electrons. The molecule has 1 heterocycles. The van der Waals surface area contributed by atoms with Crippen molar-refractivity contribution in [3.8, 4) is 0 Å². The minimum atomic E-state index is -3.79. The number of hydrogen-bond acceptors (Lipinski definition) is 3. The van der Waals surface area contributed by atoms with E-state index in [1.165, 1.54) is 0 Å². The summed E-state index contributed by atoms with van der Waals surface area (Å²) in [5.74, 6) is 0.249. The summed E-state index contributed by atoms with van der Waals surface area (Å²) in [5.41, 5.74) is 1.11. The summed E-state index contributed by atoms with van der Waals surface area (Å²) in [6, 6.07) is 19.5. The number of nitrogens with one attached hydrogen (secondary N) is 1. The molecule has 6 heteroatoms. The molecule has 3 rings (SSSR count). The Labute approximate surface area is 166 Å². The molecular weight excluding hydrogens is 374 g/mol. The lowest BCUT2D eigenvalue weighted by Gasteiger charge is -2.41. The van der Waals surface area contributed by atoms with Gasteiger partial charge in [-0.2, -0.15) is 0 Å². The summed E-state index contributed by atoms with van der Waals surface area (Å²) >= 11 is 5.62. The number of nitrogens with zero attached hydrogens (tertiary/aromatic N) is 2. The molecule has 1 atom stereocenters. The minimum absolute atomic E-state index is 0.249. The molecule has 1 aliphatic rings. The van der Waals surface area contributed by atoms with E-state index in [9.17, 15) is 4.21 Å². The molecule has 0 saturated heterocycles. The first-order valence-electron chi connectivity index (χ1n) is 8.87. The van der Waals surface area contributed by atoms with Gasteiger partial charge in [-0.25, -0.2) is 9.39 Å². The predicted octanol–water partition coefficient (Wildman–Crippen LogP) is 4.23. The maximum atomic E-state index is 14.6. The topological polar surface area (TPSA) is 53.8 Å². The molecule has 0 bridgehead atoms. The van der Waals surface area contributed by atoms with Gasteiger partial charge >= 0.3 is 0 Å². The van der Waals surface area contributed by atoms with Crippen molar-refractivity contribution in [2.45, 2.75) is 37.3 Å². The SMILES string of the molecule is C=NS(=O)(Cc1ccccc1)(C1=NC(C)(c2ccccc2)C(=S)N1)C(C)C. The summed E-state index contributed by atoms with van der Waals surface area (Å²) in [5, 5.41) is 3.22. The molecule has 0 radical (unpaired) electrons. The summed E-state index contributed by atoms with van der Waals surface area (Å²) in [7, 11) is -3.79. The van der Waals surface area contributed by atoms with Gasteiger partial charge in [0.2, 0.25) is 0 Å². The molecular formula is C21H25N3OS2. The highest BCUT2D eigenvalue weighted by molar-refractivity contribution is 8.31. The van der Waals surface area contributed by atoms with E-state index in [0.717, 1.165) is 11.1 Å². The molecule has 0 amide bonds. The Morgan fingerprint density at radius 3 is 2.22 bits per heavy atom. The molecule has 0 saturated carbocycles. The van der Waals surface area contributed by atoms with Crippen LogP contribution in [-0.2, 0) is 20.5 Å². The van der Waals surface area contributed by atoms with Gasteiger partial charge < -0.3 is 5.32 Å². The lowest BCUT2D eigenvalue weighted by Crippen LogP contribution is -2.53. The van der Waals surface area contributed by atoms with Gasteiger partial charge in [0.25, 0.3) is 0 Å². The van der Waals surface area contributed by atoms with E-state index in [0.29, 0.717) is 10.2 Å². The Morgan fingerprint density at radius 1 is 1.15 bits per heavy atom. The van der Waals surface area contributed by atoms with Crippen LogP contribution in [0.5, 0.6) is 0 Å². The van der Waals surface area contributed by atoms with Crippen molar-refractivity contribution < 1.29 is 4.21 Å². The van der Waals surface area contributed by atoms with Crippen molar-refractivity contribution >= 4 is 38.3 Å². The molecule has 0 fully saturated rings. The zero-order chi connectivity index (χ0) is 19.7. The summed E-state index contributed by atoms with van der Waals surface area (Å²) in [6.45, 7) is 9.47. The number of thiocarbonyl (C=S) groups is 1. The third-order valence-electron chi connectivity index (χ3n) is 5.28. The number of aliphatic imine (C=N–C) groups is 1. The van der Waals surface area contributed by atoms with E-state index in [1.807, 2.05) is 81.4 Å². The fourth-order valence-corrected chi connectivity index (χ4v) is 6.56. The zero-order valence-electron chi connectivity index (χ0n) is 15.9. The van der Waals surface area contributed by atoms with Gasteiger partial charge in [-0.1, -0.05) is 86.7 Å². The van der Waals surface area contributed by atoms with Crippen molar-refractivity contribution in [3.05, 3.63) is 71.8 Å². The second-order valence-electron chi connectivity index (χ2n) is 7.24. The van der Waals surface area contributed by atoms with E-state index < -0.39 is 14.8 Å². The first-order chi connectivity index (χ1) is 12.7. The third kappa shape index (κ3) is 3.07. The average molecular weight is 400 g/mol. The second kappa shape index (κ2) is 6.77. The van der Waals surface area contributed by atoms with Crippen LogP contribution < -0.4 is 5.32 Å². The van der Waals surface area contributed by atoms with Crippen LogP contribution in [0.4, 0.5) is 0 Å². The van der Waals surface area contributed by atoms with Gasteiger partial charge in [0, 0.05) is 21.2 Å². The van der Waals surface area contributed by atoms with Crippen molar-refractivity contribution in [2.75, 3.05) is 0 Å². The van der Waals surface area contributed by atoms with Gasteiger partial charge in [0.1, 0.15) is 10.5 Å². The smallest absolute Gasteiger partial charge is 0.191 e. The Morgan fingerprint density at radius 2 is 1.70 bits per heavy atom. The standard InChI is InChI=1S/C21H25N3OS2/c1-16(2)27(25,22-4,15-17-11-7-5-8-12-17)20-23-19(26)21(3,24-20)18-13-9-6-10-14-18/h5-14,16H,4,15H2,1-3H3,(H,23,24,26). The molecule has 0 spiro atoms. The molecule has 0 aromatic heterocycles. The number of benzene rings is 2. The molecule has 1 unspecified atom stereocenters. The van der Waals surface area contributed by atoms with Crippen LogP contribution in [0.2, 0.25) is 0 Å². The van der Waals surface area contributed by atoms with Crippen molar-refractivity contribution in [2.24, 2.45) is 9.39 Å². The summed E-state index contributed by atoms with van der Waals surface area (Å²) < 4.78 is 18.9. The number of hydrogen-bond donors (Lipinski definition) is 1. The fourth-order valence-electron chi connectivity index (χ4n) is 3.28. The second-order valence-corrected chi connectivity index (χ2v) is 11.8. The molecule has 2 aromatic rings. The Bertz CT molecular complexity index is 969. The minimum Gasteiger partial charge on any atom is -0.325 e. The monoisotopic (exact) mass is 399 g/mol. The zero-order valence-corrected chi connectivity index (χ0v) is 17.5. The molecule has 4 nitrogen and oxygen atoms in total. The van der Waals surface area contributed by atoms with Gasteiger partial charge in [-0.15, -0.1) is 0 Å². The highest BCUT2D eigenvalue weighted by atomic mass is 32.3. The van der Waals surface area contributed by atoms with E-state index in [2.05, 4.69) is 16.4 Å². The van der Waals surface area contributed by atoms with Crippen molar-refractivity contribution in [1.29, 1.82) is 0 Å². The Hall–Kier alpha value is -2.18. The first kappa shape index (κ1) is 19.6. The normalized spacial score (nSPS) is 21.3. The number of rotatable bonds is 5. The summed E-state index contributed by atoms with van der Waals surface area (Å²) in [6.07, 6.45) is 0. The number of amidine groups is 1. The Balaban J connectivity index is 2.17. The van der Waals surface area contributed by atoms with Gasteiger partial charge in [0.15, 0.2) is 5.17 Å². The van der Waals surface area contributed by atoms with Gasteiger partial charge in [-0.3, -0.25) is 4.21 Å². The molecule has 27 heavy (non-hydrogen) atoms. The highest BCUT2D eigenvalue weighted by Gasteiger charge is 2.51. The van der Waals surface area contributed by atoms with E-state index in [1.54, 1.807) is 0 Å². The summed E-state index contributed by atoms with van der Waals surface area (Å²) in [4.78, 5) is 5.40. The van der Waals surface area contributed by atoms with E-state index >= 15 is 0 Å². The van der Waals surface area contributed by atoms with Crippen LogP contribution in [0.1, 0.15) is 31.9 Å². The maximum Gasteiger partial charge on any atom is 0.191 e. The average Bonchev–Trinajstić information content (AvgIpc) is 3.00. The highest BCUT2D eigenvalue weighted by Crippen LogP contribution is 2.42. The van der Waals surface area contributed by atoms with Crippen molar-refractivity contribution in [1.82, 2.24) is 5.32 Å². The molecule has 1 aliphatic heterocycles. The van der Waals surface area contributed by atoms with E-state index in [-0.39, 0.29) is 11.0 Å². The van der Waals surface area contributed by atoms with Crippen molar-refractivity contribution in [3.63, 3.8) is 0 Å². The lowest BCUT2D eigenvalue weighted by atomic mass is 9.93. The van der Waals surface area contributed by atoms with E-state index in [4.69, 9.17) is 17.2 Å². The van der Waals surface area contributed by atoms with Crippen LogP contribution in [-0.4, -0.2) is 26.3 Å². The van der Waals surface area contributed by atoms with Crippen LogP contribution in [0.3, 0.4) is 0 Å². The molecule has 0 aliphatic carbocycles. The first-order valence-corrected chi connectivity index (χ1v) is 11.4. The largest absolute Gasteiger partial charge is 0.325 e. The van der Waals surface area contributed by atoms with Crippen LogP contribution in [0, 0.1) is 0 Å². The fraction of sp³-hybridized carbons (Fsp3) is 0.286. The predicted molar refractivity (Wildman–Crippen MR) is 120 cm³/mol. The van der Waals surface area contributed by atoms with Gasteiger partial charge in [0.05, 0.1) is 5.75 Å². The van der Waals surface area contributed by atoms with Crippen LogP contribution in [0.15, 0.2) is 70.1 Å². The maximum absolute atomic E-state index is 14.6. The van der Waals surface area contributed by atoms with Crippen LogP contribution in [0.25, 0.3) is 0 Å². The molecule has 2 aromatic carbocycles. The van der Waals surface area contributed by atoms with Crippen LogP contribution >= 0.6 is 12.2 Å². The van der Waals surface area contributed by atoms with Gasteiger partial charge in [-0.05, 0) is 18.1 Å². The Kier molecular flexibility index (Phi) is 4.91. The third-order valence-corrected chi connectivity index (χ3v) is 10.2. The molecule has 1 N–H and O–H groups in total. The lowest BCUT2D eigenvalue weighted by molar-refractivity contribution is 0.654.